The molecule has 0 aromatic heterocycles. The van der Waals surface area contributed by atoms with Crippen LogP contribution in [0.25, 0.3) is 0 Å². The molecule has 0 aliphatic heterocycles. The van der Waals surface area contributed by atoms with E-state index in [1.54, 1.807) is 0 Å². The smallest absolute Gasteiger partial charge is 0.550 e. The minimum absolute atomic E-state index is 0. The second kappa shape index (κ2) is 26.6. The zero-order valence-corrected chi connectivity index (χ0v) is 38.1. The molecule has 0 unspecified atom stereocenters. The molecule has 0 saturated carbocycles. The van der Waals surface area contributed by atoms with Gasteiger partial charge in [-0.3, -0.25) is 0 Å². The van der Waals surface area contributed by atoms with Gasteiger partial charge in [0.25, 0.3) is 0 Å². The van der Waals surface area contributed by atoms with E-state index in [9.17, 15) is 0 Å². The van der Waals surface area contributed by atoms with Gasteiger partial charge in [-0.2, -0.15) is 0 Å². The molecule has 0 atom stereocenters. The van der Waals surface area contributed by atoms with Gasteiger partial charge in [-0.15, -0.1) is 0 Å². The Kier molecular flexibility index (Phi) is 20.3. The van der Waals surface area contributed by atoms with Crippen molar-refractivity contribution in [3.8, 4) is 0 Å². The van der Waals surface area contributed by atoms with E-state index in [4.69, 9.17) is 9.90 Å². The summed E-state index contributed by atoms with van der Waals surface area (Å²) >= 11 is 0. The molecule has 310 valence electrons. The molecule has 0 aliphatic carbocycles. The molecule has 6 heteroatoms. The standard InChI is InChI=1S/3C18H15P.C2H4O2.Cu/c3*1-4-10-16(11-5-1)19(17-12-6-2-7-13-17)18-14-8-3-9-15-18;1-2(3)4;/h3*1-15H;1H3,(H,3,4);/q;;;;+1/p-1. The van der Waals surface area contributed by atoms with Gasteiger partial charge in [-0.05, 0) is 78.4 Å². The topological polar surface area (TPSA) is 40.1 Å². The van der Waals surface area contributed by atoms with Crippen LogP contribution in [0.5, 0.6) is 0 Å². The Hall–Kier alpha value is -5.74. The summed E-state index contributed by atoms with van der Waals surface area (Å²) in [7, 11) is -1.34. The van der Waals surface area contributed by atoms with Crippen molar-refractivity contribution < 1.29 is 27.0 Å². The van der Waals surface area contributed by atoms with E-state index in [1.165, 1.54) is 47.7 Å². The summed E-state index contributed by atoms with van der Waals surface area (Å²) in [5.74, 6) is -1.08. The van der Waals surface area contributed by atoms with E-state index in [0.29, 0.717) is 0 Å². The Morgan fingerprint density at radius 3 is 0.419 bits per heavy atom. The van der Waals surface area contributed by atoms with Crippen LogP contribution in [-0.2, 0) is 21.9 Å². The number of hydrogen-bond acceptors (Lipinski definition) is 2. The third kappa shape index (κ3) is 14.7. The van der Waals surface area contributed by atoms with E-state index < -0.39 is 29.7 Å². The maximum Gasteiger partial charge on any atom is 1.00 e. The second-order valence-corrected chi connectivity index (χ2v) is 20.2. The number of carbonyl (C=O) groups is 1. The SMILES string of the molecule is CC(=O)[O-].[Cu+].c1ccc(P(c2ccccc2)c2ccccc2)cc1.c1ccc(P(c2ccccc2)c2ccccc2)cc1.c1ccc(P(c2ccccc2)c2ccccc2)cc1. The number of carboxylic acid groups (broad SMARTS) is 1. The molecule has 0 radical (unpaired) electrons. The fourth-order valence-electron chi connectivity index (χ4n) is 6.54. The van der Waals surface area contributed by atoms with E-state index in [2.05, 4.69) is 273 Å². The van der Waals surface area contributed by atoms with Crippen molar-refractivity contribution in [3.05, 3.63) is 273 Å². The first kappa shape index (κ1) is 47.3. The summed E-state index contributed by atoms with van der Waals surface area (Å²) in [6.07, 6.45) is 0. The minimum atomic E-state index is -1.08. The number of carbonyl (C=O) groups excluding carboxylic acids is 1. The Bertz CT molecular complexity index is 1970. The summed E-state index contributed by atoms with van der Waals surface area (Å²) < 4.78 is 0. The van der Waals surface area contributed by atoms with Crippen LogP contribution in [0.1, 0.15) is 6.92 Å². The Labute approximate surface area is 382 Å². The number of benzene rings is 9. The van der Waals surface area contributed by atoms with Crippen molar-refractivity contribution in [2.45, 2.75) is 6.92 Å². The monoisotopic (exact) mass is 908 g/mol. The first-order valence-electron chi connectivity index (χ1n) is 20.1. The third-order valence-electron chi connectivity index (χ3n) is 9.13. The van der Waals surface area contributed by atoms with Crippen LogP contribution in [0.3, 0.4) is 0 Å². The van der Waals surface area contributed by atoms with Gasteiger partial charge in [-0.1, -0.05) is 273 Å². The van der Waals surface area contributed by atoms with Crippen molar-refractivity contribution in [2.24, 2.45) is 0 Å². The van der Waals surface area contributed by atoms with Gasteiger partial charge >= 0.3 is 17.1 Å². The molecule has 0 aliphatic rings. The molecule has 9 aromatic carbocycles. The number of carboxylic acids is 1. The second-order valence-electron chi connectivity index (χ2n) is 13.5. The third-order valence-corrected chi connectivity index (χ3v) is 16.5. The quantitative estimate of drug-likeness (QED) is 0.107. The molecule has 0 bridgehead atoms. The molecule has 0 saturated heterocycles. The van der Waals surface area contributed by atoms with Crippen molar-refractivity contribution in [3.63, 3.8) is 0 Å². The van der Waals surface area contributed by atoms with Crippen LogP contribution in [0, 0.1) is 0 Å². The van der Waals surface area contributed by atoms with Gasteiger partial charge in [0.15, 0.2) is 0 Å². The molecule has 0 N–H and O–H groups in total. The average Bonchev–Trinajstić information content (AvgIpc) is 3.33. The first-order chi connectivity index (χ1) is 30.1. The Balaban J connectivity index is 0.000000167. The molecular formula is C56H48CuO2P3. The van der Waals surface area contributed by atoms with Crippen LogP contribution in [0.2, 0.25) is 0 Å². The number of aliphatic carboxylic acids is 1. The van der Waals surface area contributed by atoms with Gasteiger partial charge in [-0.25, -0.2) is 0 Å². The van der Waals surface area contributed by atoms with Gasteiger partial charge in [0.1, 0.15) is 0 Å². The normalized spacial score (nSPS) is 10.1. The van der Waals surface area contributed by atoms with Crippen LogP contribution < -0.4 is 52.8 Å². The van der Waals surface area contributed by atoms with Crippen molar-refractivity contribution in [1.82, 2.24) is 0 Å². The zero-order chi connectivity index (χ0) is 42.3. The molecular weight excluding hydrogens is 861 g/mol. The molecule has 0 fully saturated rings. The average molecular weight is 909 g/mol. The van der Waals surface area contributed by atoms with Gasteiger partial charge in [0.2, 0.25) is 0 Å². The summed E-state index contributed by atoms with van der Waals surface area (Å²) in [5.41, 5.74) is 0. The predicted molar refractivity (Wildman–Crippen MR) is 266 cm³/mol. The molecule has 0 spiro atoms. The van der Waals surface area contributed by atoms with Crippen LogP contribution in [-0.4, -0.2) is 5.97 Å². The number of rotatable bonds is 9. The van der Waals surface area contributed by atoms with Gasteiger partial charge in [0, 0.05) is 5.97 Å². The van der Waals surface area contributed by atoms with E-state index in [-0.39, 0.29) is 17.1 Å². The van der Waals surface area contributed by atoms with Crippen molar-refractivity contribution in [1.29, 1.82) is 0 Å². The summed E-state index contributed by atoms with van der Waals surface area (Å²) in [5, 5.41) is 21.5. The van der Waals surface area contributed by atoms with Crippen LogP contribution in [0.15, 0.2) is 273 Å². The fourth-order valence-corrected chi connectivity index (χ4v) is 13.5. The largest absolute Gasteiger partial charge is 1.00 e. The summed E-state index contributed by atoms with van der Waals surface area (Å²) in [6.45, 7) is 0.972. The van der Waals surface area contributed by atoms with Crippen molar-refractivity contribution in [2.75, 3.05) is 0 Å². The number of hydrogen-bond donors (Lipinski definition) is 0. The minimum Gasteiger partial charge on any atom is -0.550 e. The maximum absolute atomic E-state index is 8.89. The Morgan fingerprint density at radius 1 is 0.258 bits per heavy atom. The van der Waals surface area contributed by atoms with E-state index >= 15 is 0 Å². The molecule has 0 heterocycles. The van der Waals surface area contributed by atoms with Gasteiger partial charge < -0.3 is 9.90 Å². The summed E-state index contributed by atoms with van der Waals surface area (Å²) in [4.78, 5) is 8.89. The van der Waals surface area contributed by atoms with Gasteiger partial charge in [0.05, 0.1) is 0 Å². The first-order valence-corrected chi connectivity index (χ1v) is 24.1. The molecule has 2 nitrogen and oxygen atoms in total. The maximum atomic E-state index is 8.89. The summed E-state index contributed by atoms with van der Waals surface area (Å²) in [6, 6.07) is 97.0. The molecule has 9 rings (SSSR count). The van der Waals surface area contributed by atoms with Crippen LogP contribution in [0.4, 0.5) is 0 Å². The Morgan fingerprint density at radius 2 is 0.339 bits per heavy atom. The zero-order valence-electron chi connectivity index (χ0n) is 34.4. The van der Waals surface area contributed by atoms with E-state index in [1.807, 2.05) is 0 Å². The molecule has 0 amide bonds. The molecule has 9 aromatic rings. The van der Waals surface area contributed by atoms with Crippen molar-refractivity contribution >= 4 is 77.5 Å². The van der Waals surface area contributed by atoms with E-state index in [0.717, 1.165) is 6.92 Å². The molecule has 62 heavy (non-hydrogen) atoms. The van der Waals surface area contributed by atoms with Crippen LogP contribution >= 0.6 is 23.8 Å². The fraction of sp³-hybridized carbons (Fsp3) is 0.0179. The predicted octanol–water partition coefficient (Wildman–Crippen LogP) is 9.09.